The average Bonchev–Trinajstić information content (AvgIpc) is 3.31. The zero-order valence-corrected chi connectivity index (χ0v) is 18.4. The van der Waals surface area contributed by atoms with Gasteiger partial charge in [0.05, 0.1) is 17.7 Å². The number of carbonyl (C=O) groups is 2. The number of aliphatic hydroxyl groups is 1. The summed E-state index contributed by atoms with van der Waals surface area (Å²) in [7, 11) is 3.91. The van der Waals surface area contributed by atoms with Gasteiger partial charge in [-0.25, -0.2) is 0 Å². The summed E-state index contributed by atoms with van der Waals surface area (Å²) in [6.07, 6.45) is 0.794. The number of nitrogens with one attached hydrogen (secondary N) is 1. The fourth-order valence-corrected chi connectivity index (χ4v) is 4.14. The molecule has 1 atom stereocenters. The number of aliphatic hydroxyl groups excluding tert-OH is 1. The molecule has 2 heterocycles. The number of benzene rings is 2. The zero-order valence-electron chi connectivity index (χ0n) is 18.4. The van der Waals surface area contributed by atoms with E-state index in [1.54, 1.807) is 0 Å². The van der Waals surface area contributed by atoms with E-state index in [0.717, 1.165) is 28.7 Å². The number of nitrogens with zero attached hydrogens (tertiary/aromatic N) is 3. The first-order valence-corrected chi connectivity index (χ1v) is 10.8. The standard InChI is InChI=1S/C25H28N4O3/c1-28(2)19-7-5-6-17(14-19)25(32)29-12-10-18(16-29)23-15-21(24(31)26-11-13-30)20-8-3-4-9-22(20)27-23/h3-9,14-15,18,30H,10-13,16H2,1-2H3,(H,26,31)/t18-/m0/s1. The summed E-state index contributed by atoms with van der Waals surface area (Å²) >= 11 is 0. The Hall–Kier alpha value is -3.45. The molecule has 3 aromatic rings. The van der Waals surface area contributed by atoms with Crippen LogP contribution in [0.25, 0.3) is 10.9 Å². The average molecular weight is 433 g/mol. The number of hydrogen-bond acceptors (Lipinski definition) is 5. The Labute approximate surface area is 187 Å². The lowest BCUT2D eigenvalue weighted by Gasteiger charge is -2.19. The first-order chi connectivity index (χ1) is 15.5. The topological polar surface area (TPSA) is 85.8 Å². The van der Waals surface area contributed by atoms with Gasteiger partial charge in [-0.05, 0) is 36.8 Å². The normalized spacial score (nSPS) is 15.7. The SMILES string of the molecule is CN(C)c1cccc(C(=O)N2CC[C@H](c3cc(C(=O)NCCO)c4ccccc4n3)C2)c1. The Kier molecular flexibility index (Phi) is 6.37. The predicted molar refractivity (Wildman–Crippen MR) is 125 cm³/mol. The minimum atomic E-state index is -0.231. The molecule has 0 aliphatic carbocycles. The number of likely N-dealkylation sites (tertiary alicyclic amines) is 1. The molecule has 0 spiro atoms. The van der Waals surface area contributed by atoms with Crippen LogP contribution in [0.5, 0.6) is 0 Å². The summed E-state index contributed by atoms with van der Waals surface area (Å²) in [4.78, 5) is 34.5. The second-order valence-electron chi connectivity index (χ2n) is 8.27. The van der Waals surface area contributed by atoms with Gasteiger partial charge in [-0.3, -0.25) is 14.6 Å². The van der Waals surface area contributed by atoms with E-state index in [1.165, 1.54) is 0 Å². The van der Waals surface area contributed by atoms with E-state index >= 15 is 0 Å². The summed E-state index contributed by atoms with van der Waals surface area (Å²) in [6, 6.07) is 17.0. The van der Waals surface area contributed by atoms with Gasteiger partial charge >= 0.3 is 0 Å². The van der Waals surface area contributed by atoms with Crippen LogP contribution in [-0.2, 0) is 0 Å². The smallest absolute Gasteiger partial charge is 0.253 e. The number of para-hydroxylation sites is 1. The van der Waals surface area contributed by atoms with Gasteiger partial charge in [0.2, 0.25) is 0 Å². The summed E-state index contributed by atoms with van der Waals surface area (Å²) in [5.41, 5.74) is 3.77. The molecule has 7 heteroatoms. The number of fused-ring (bicyclic) bond motifs is 1. The van der Waals surface area contributed by atoms with Crippen molar-refractivity contribution in [2.24, 2.45) is 0 Å². The lowest BCUT2D eigenvalue weighted by molar-refractivity contribution is 0.0790. The van der Waals surface area contributed by atoms with E-state index in [0.29, 0.717) is 24.2 Å². The number of rotatable bonds is 6. The molecule has 0 saturated carbocycles. The van der Waals surface area contributed by atoms with Crippen molar-refractivity contribution >= 4 is 28.4 Å². The lowest BCUT2D eigenvalue weighted by atomic mass is 9.99. The van der Waals surface area contributed by atoms with Crippen LogP contribution >= 0.6 is 0 Å². The molecule has 32 heavy (non-hydrogen) atoms. The van der Waals surface area contributed by atoms with Gasteiger partial charge in [-0.1, -0.05) is 24.3 Å². The molecule has 1 aliphatic heterocycles. The summed E-state index contributed by atoms with van der Waals surface area (Å²) in [5.74, 6) is -0.159. The van der Waals surface area contributed by atoms with Crippen LogP contribution in [0.2, 0.25) is 0 Å². The van der Waals surface area contributed by atoms with Crippen molar-refractivity contribution in [2.75, 3.05) is 45.2 Å². The van der Waals surface area contributed by atoms with Gasteiger partial charge < -0.3 is 20.2 Å². The molecule has 166 valence electrons. The highest BCUT2D eigenvalue weighted by Gasteiger charge is 2.30. The van der Waals surface area contributed by atoms with E-state index in [2.05, 4.69) is 5.32 Å². The molecule has 2 amide bonds. The van der Waals surface area contributed by atoms with E-state index in [-0.39, 0.29) is 30.9 Å². The highest BCUT2D eigenvalue weighted by atomic mass is 16.3. The molecule has 4 rings (SSSR count). The van der Waals surface area contributed by atoms with Crippen LogP contribution in [-0.4, -0.2) is 67.1 Å². The molecule has 0 unspecified atom stereocenters. The predicted octanol–water partition coefficient (Wildman–Crippen LogP) is 2.65. The number of pyridine rings is 1. The highest BCUT2D eigenvalue weighted by Crippen LogP contribution is 2.30. The summed E-state index contributed by atoms with van der Waals surface area (Å²) in [5, 5.41) is 12.6. The van der Waals surface area contributed by atoms with E-state index in [9.17, 15) is 9.59 Å². The van der Waals surface area contributed by atoms with Gasteiger partial charge in [-0.15, -0.1) is 0 Å². The molecule has 1 aromatic heterocycles. The van der Waals surface area contributed by atoms with Crippen LogP contribution in [0.1, 0.15) is 38.7 Å². The lowest BCUT2D eigenvalue weighted by Crippen LogP contribution is -2.29. The molecule has 2 aromatic carbocycles. The minimum absolute atomic E-state index is 0.0119. The highest BCUT2D eigenvalue weighted by molar-refractivity contribution is 6.06. The Balaban J connectivity index is 1.58. The van der Waals surface area contributed by atoms with Crippen LogP contribution in [0.15, 0.2) is 54.6 Å². The summed E-state index contributed by atoms with van der Waals surface area (Å²) < 4.78 is 0. The number of aromatic nitrogens is 1. The molecule has 1 saturated heterocycles. The molecule has 2 N–H and O–H groups in total. The van der Waals surface area contributed by atoms with Crippen molar-refractivity contribution in [1.29, 1.82) is 0 Å². The first kappa shape index (κ1) is 21.8. The Morgan fingerprint density at radius 3 is 2.75 bits per heavy atom. The van der Waals surface area contributed by atoms with Crippen LogP contribution < -0.4 is 10.2 Å². The van der Waals surface area contributed by atoms with Crippen LogP contribution in [0, 0.1) is 0 Å². The summed E-state index contributed by atoms with van der Waals surface area (Å²) in [6.45, 7) is 1.29. The monoisotopic (exact) mass is 432 g/mol. The van der Waals surface area contributed by atoms with Gasteiger partial charge in [0.1, 0.15) is 0 Å². The molecule has 7 nitrogen and oxygen atoms in total. The van der Waals surface area contributed by atoms with Crippen molar-refractivity contribution in [1.82, 2.24) is 15.2 Å². The van der Waals surface area contributed by atoms with Gasteiger partial charge in [0, 0.05) is 62.0 Å². The molecular formula is C25H28N4O3. The fourth-order valence-electron chi connectivity index (χ4n) is 4.14. The second kappa shape index (κ2) is 9.36. The number of amides is 2. The third kappa shape index (κ3) is 4.43. The van der Waals surface area contributed by atoms with E-state index in [4.69, 9.17) is 10.1 Å². The van der Waals surface area contributed by atoms with Crippen LogP contribution in [0.4, 0.5) is 5.69 Å². The van der Waals surface area contributed by atoms with Crippen molar-refractivity contribution in [2.45, 2.75) is 12.3 Å². The molecule has 0 bridgehead atoms. The van der Waals surface area contributed by atoms with Gasteiger partial charge in [0.25, 0.3) is 11.8 Å². The Bertz CT molecular complexity index is 1140. The largest absolute Gasteiger partial charge is 0.395 e. The molecule has 0 radical (unpaired) electrons. The maximum atomic E-state index is 13.1. The number of anilines is 1. The Morgan fingerprint density at radius 1 is 1.16 bits per heavy atom. The van der Waals surface area contributed by atoms with Crippen molar-refractivity contribution in [3.05, 3.63) is 71.4 Å². The third-order valence-electron chi connectivity index (χ3n) is 5.88. The maximum Gasteiger partial charge on any atom is 0.253 e. The van der Waals surface area contributed by atoms with Crippen molar-refractivity contribution in [3.8, 4) is 0 Å². The number of hydrogen-bond donors (Lipinski definition) is 2. The van der Waals surface area contributed by atoms with Crippen molar-refractivity contribution < 1.29 is 14.7 Å². The van der Waals surface area contributed by atoms with Crippen molar-refractivity contribution in [3.63, 3.8) is 0 Å². The van der Waals surface area contributed by atoms with Gasteiger partial charge in [-0.2, -0.15) is 0 Å². The van der Waals surface area contributed by atoms with Gasteiger partial charge in [0.15, 0.2) is 0 Å². The molecule has 1 aliphatic rings. The van der Waals surface area contributed by atoms with E-state index < -0.39 is 0 Å². The number of carbonyl (C=O) groups excluding carboxylic acids is 2. The first-order valence-electron chi connectivity index (χ1n) is 10.8. The maximum absolute atomic E-state index is 13.1. The Morgan fingerprint density at radius 2 is 1.97 bits per heavy atom. The van der Waals surface area contributed by atoms with Crippen LogP contribution in [0.3, 0.4) is 0 Å². The molecular weight excluding hydrogens is 404 g/mol. The minimum Gasteiger partial charge on any atom is -0.395 e. The third-order valence-corrected chi connectivity index (χ3v) is 5.88. The fraction of sp³-hybridized carbons (Fsp3) is 0.320. The zero-order chi connectivity index (χ0) is 22.7. The molecule has 1 fully saturated rings. The van der Waals surface area contributed by atoms with E-state index in [1.807, 2.05) is 78.5 Å². The quantitative estimate of drug-likeness (QED) is 0.626. The second-order valence-corrected chi connectivity index (χ2v) is 8.27.